The second kappa shape index (κ2) is 7.27. The lowest BCUT2D eigenvalue weighted by molar-refractivity contribution is 0.373. The highest BCUT2D eigenvalue weighted by Crippen LogP contribution is 2.20. The molecule has 102 valence electrons. The van der Waals surface area contributed by atoms with Gasteiger partial charge in [0, 0.05) is 22.3 Å². The summed E-state index contributed by atoms with van der Waals surface area (Å²) in [7, 11) is 0. The van der Waals surface area contributed by atoms with Gasteiger partial charge in [0.2, 0.25) is 0 Å². The van der Waals surface area contributed by atoms with E-state index in [1.165, 1.54) is 54.0 Å². The molecule has 1 atom stereocenters. The number of piperidine rings is 1. The summed E-state index contributed by atoms with van der Waals surface area (Å²) in [5.74, 6) is 0. The molecule has 1 aliphatic heterocycles. The smallest absolute Gasteiger partial charge is 0.0299 e. The number of aryl methyl sites for hydroxylation is 2. The lowest BCUT2D eigenvalue weighted by atomic mass is 10.0. The van der Waals surface area contributed by atoms with E-state index in [4.69, 9.17) is 0 Å². The molecule has 0 amide bonds. The molecule has 1 aromatic rings. The molecule has 0 bridgehead atoms. The molecule has 1 aliphatic rings. The Kier molecular flexibility index (Phi) is 5.67. The van der Waals surface area contributed by atoms with Crippen LogP contribution in [0.3, 0.4) is 0 Å². The number of hydrogen-bond donors (Lipinski definition) is 2. The van der Waals surface area contributed by atoms with Crippen molar-refractivity contribution in [2.24, 2.45) is 0 Å². The Bertz CT molecular complexity index is 334. The van der Waals surface area contributed by atoms with Crippen LogP contribution in [-0.4, -0.2) is 19.1 Å². The molecule has 1 fully saturated rings. The molecule has 2 heterocycles. The van der Waals surface area contributed by atoms with Gasteiger partial charge in [0.15, 0.2) is 0 Å². The second-order valence-electron chi connectivity index (χ2n) is 5.42. The fourth-order valence-electron chi connectivity index (χ4n) is 2.59. The van der Waals surface area contributed by atoms with Crippen molar-refractivity contribution in [3.05, 3.63) is 21.4 Å². The Labute approximate surface area is 115 Å². The quantitative estimate of drug-likeness (QED) is 0.771. The zero-order chi connectivity index (χ0) is 12.8. The Morgan fingerprint density at radius 2 is 2.28 bits per heavy atom. The summed E-state index contributed by atoms with van der Waals surface area (Å²) in [5.41, 5.74) is 1.43. The third kappa shape index (κ3) is 4.38. The topological polar surface area (TPSA) is 24.1 Å². The van der Waals surface area contributed by atoms with Crippen molar-refractivity contribution in [2.45, 2.75) is 58.5 Å². The van der Waals surface area contributed by atoms with Crippen molar-refractivity contribution in [3.63, 3.8) is 0 Å². The van der Waals surface area contributed by atoms with Gasteiger partial charge in [-0.2, -0.15) is 0 Å². The molecule has 2 nitrogen and oxygen atoms in total. The van der Waals surface area contributed by atoms with Crippen LogP contribution in [0.25, 0.3) is 0 Å². The summed E-state index contributed by atoms with van der Waals surface area (Å²) in [6.45, 7) is 7.82. The predicted molar refractivity (Wildman–Crippen MR) is 80.4 cm³/mol. The van der Waals surface area contributed by atoms with Gasteiger partial charge in [-0.1, -0.05) is 6.42 Å². The molecular weight excluding hydrogens is 240 g/mol. The third-order valence-electron chi connectivity index (χ3n) is 3.83. The highest BCUT2D eigenvalue weighted by molar-refractivity contribution is 7.12. The van der Waals surface area contributed by atoms with E-state index in [0.29, 0.717) is 0 Å². The van der Waals surface area contributed by atoms with Gasteiger partial charge in [-0.3, -0.25) is 0 Å². The van der Waals surface area contributed by atoms with Crippen LogP contribution in [0.15, 0.2) is 6.07 Å². The minimum absolute atomic E-state index is 0.784. The summed E-state index contributed by atoms with van der Waals surface area (Å²) in [6, 6.07) is 3.10. The van der Waals surface area contributed by atoms with Gasteiger partial charge in [0.25, 0.3) is 0 Å². The first-order valence-electron chi connectivity index (χ1n) is 7.25. The van der Waals surface area contributed by atoms with E-state index in [1.54, 1.807) is 0 Å². The molecule has 0 spiro atoms. The van der Waals surface area contributed by atoms with E-state index in [-0.39, 0.29) is 0 Å². The monoisotopic (exact) mass is 266 g/mol. The van der Waals surface area contributed by atoms with Crippen LogP contribution < -0.4 is 10.6 Å². The normalized spacial score (nSPS) is 20.2. The van der Waals surface area contributed by atoms with Crippen molar-refractivity contribution in [1.29, 1.82) is 0 Å². The van der Waals surface area contributed by atoms with Crippen LogP contribution >= 0.6 is 11.3 Å². The summed E-state index contributed by atoms with van der Waals surface area (Å²) >= 11 is 1.93. The average Bonchev–Trinajstić information content (AvgIpc) is 2.70. The maximum atomic E-state index is 3.61. The van der Waals surface area contributed by atoms with Crippen LogP contribution in [0.4, 0.5) is 0 Å². The van der Waals surface area contributed by atoms with Gasteiger partial charge in [0.1, 0.15) is 0 Å². The molecule has 2 rings (SSSR count). The maximum absolute atomic E-state index is 3.61. The molecule has 1 aromatic heterocycles. The van der Waals surface area contributed by atoms with E-state index in [9.17, 15) is 0 Å². The first kappa shape index (κ1) is 14.0. The first-order valence-corrected chi connectivity index (χ1v) is 8.07. The van der Waals surface area contributed by atoms with E-state index in [0.717, 1.165) is 19.1 Å². The zero-order valence-electron chi connectivity index (χ0n) is 11.7. The summed E-state index contributed by atoms with van der Waals surface area (Å²) in [4.78, 5) is 2.93. The van der Waals surface area contributed by atoms with E-state index >= 15 is 0 Å². The van der Waals surface area contributed by atoms with Gasteiger partial charge >= 0.3 is 0 Å². The van der Waals surface area contributed by atoms with Gasteiger partial charge < -0.3 is 10.6 Å². The molecular formula is C15H26N2S. The number of rotatable bonds is 6. The number of thiophene rings is 1. The van der Waals surface area contributed by atoms with Crippen LogP contribution in [0.5, 0.6) is 0 Å². The second-order valence-corrected chi connectivity index (χ2v) is 6.76. The van der Waals surface area contributed by atoms with E-state index in [1.807, 2.05) is 11.3 Å². The fraction of sp³-hybridized carbons (Fsp3) is 0.733. The maximum Gasteiger partial charge on any atom is 0.0299 e. The molecule has 0 aliphatic carbocycles. The van der Waals surface area contributed by atoms with E-state index in [2.05, 4.69) is 30.5 Å². The predicted octanol–water partition coefficient (Wildman–Crippen LogP) is 3.38. The van der Waals surface area contributed by atoms with Crippen molar-refractivity contribution in [1.82, 2.24) is 10.6 Å². The summed E-state index contributed by atoms with van der Waals surface area (Å²) in [6.07, 6.45) is 6.78. The Morgan fingerprint density at radius 1 is 1.39 bits per heavy atom. The molecule has 0 aromatic carbocycles. The van der Waals surface area contributed by atoms with Crippen molar-refractivity contribution >= 4 is 11.3 Å². The number of hydrogen-bond acceptors (Lipinski definition) is 3. The summed E-state index contributed by atoms with van der Waals surface area (Å²) in [5, 5.41) is 7.18. The van der Waals surface area contributed by atoms with Crippen molar-refractivity contribution in [2.75, 3.05) is 13.1 Å². The molecule has 3 heteroatoms. The van der Waals surface area contributed by atoms with Crippen LogP contribution in [0.2, 0.25) is 0 Å². The van der Waals surface area contributed by atoms with Crippen LogP contribution in [0.1, 0.15) is 47.4 Å². The van der Waals surface area contributed by atoms with Crippen molar-refractivity contribution < 1.29 is 0 Å². The zero-order valence-corrected chi connectivity index (χ0v) is 12.5. The highest BCUT2D eigenvalue weighted by Gasteiger charge is 2.11. The lowest BCUT2D eigenvalue weighted by Gasteiger charge is -2.23. The number of nitrogens with one attached hydrogen (secondary N) is 2. The Hall–Kier alpha value is -0.380. The molecule has 2 N–H and O–H groups in total. The minimum Gasteiger partial charge on any atom is -0.314 e. The van der Waals surface area contributed by atoms with E-state index < -0.39 is 0 Å². The van der Waals surface area contributed by atoms with Crippen LogP contribution in [-0.2, 0) is 6.54 Å². The van der Waals surface area contributed by atoms with Crippen molar-refractivity contribution in [3.8, 4) is 0 Å². The fourth-order valence-corrected chi connectivity index (χ4v) is 3.62. The molecule has 0 saturated carbocycles. The highest BCUT2D eigenvalue weighted by atomic mass is 32.1. The first-order chi connectivity index (χ1) is 8.75. The summed E-state index contributed by atoms with van der Waals surface area (Å²) < 4.78 is 0. The standard InChI is InChI=1S/C15H26N2S/c1-12-10-15(18-13(12)2)11-16-8-5-7-14-6-3-4-9-17-14/h10,14,16-17H,3-9,11H2,1-2H3. The van der Waals surface area contributed by atoms with Crippen LogP contribution in [0, 0.1) is 13.8 Å². The Balaban J connectivity index is 1.55. The van der Waals surface area contributed by atoms with Gasteiger partial charge in [0.05, 0.1) is 0 Å². The largest absolute Gasteiger partial charge is 0.314 e. The molecule has 1 unspecified atom stereocenters. The molecule has 18 heavy (non-hydrogen) atoms. The Morgan fingerprint density at radius 3 is 2.94 bits per heavy atom. The molecule has 1 saturated heterocycles. The lowest BCUT2D eigenvalue weighted by Crippen LogP contribution is -2.34. The van der Waals surface area contributed by atoms with Gasteiger partial charge in [-0.05, 0) is 64.3 Å². The van der Waals surface area contributed by atoms with Gasteiger partial charge in [-0.25, -0.2) is 0 Å². The third-order valence-corrected chi connectivity index (χ3v) is 4.99. The average molecular weight is 266 g/mol. The van der Waals surface area contributed by atoms with Gasteiger partial charge in [-0.15, -0.1) is 11.3 Å². The SMILES string of the molecule is Cc1cc(CNCCCC2CCCCN2)sc1C. The molecule has 0 radical (unpaired) electrons. The minimum atomic E-state index is 0.784.